The van der Waals surface area contributed by atoms with Crippen LogP contribution in [0.25, 0.3) is 0 Å². The van der Waals surface area contributed by atoms with Gasteiger partial charge in [-0.2, -0.15) is 26.3 Å². The van der Waals surface area contributed by atoms with E-state index in [9.17, 15) is 45.5 Å². The number of nitrogens with two attached hydrogens (primary N) is 1. The summed E-state index contributed by atoms with van der Waals surface area (Å²) in [6.07, 6.45) is -4.44. The smallest absolute Gasteiger partial charge is 0.399 e. The third-order valence-corrected chi connectivity index (χ3v) is 13.0. The lowest BCUT2D eigenvalue weighted by Crippen LogP contribution is -2.38. The molecule has 2 aliphatic carbocycles. The summed E-state index contributed by atoms with van der Waals surface area (Å²) in [5, 5.41) is 11.9. The van der Waals surface area contributed by atoms with Gasteiger partial charge in [0, 0.05) is 67.0 Å². The quantitative estimate of drug-likeness (QED) is 0.132. The first-order valence-electron chi connectivity index (χ1n) is 21.5. The summed E-state index contributed by atoms with van der Waals surface area (Å²) in [6.45, 7) is 8.99. The highest BCUT2D eigenvalue weighted by atomic mass is 19.4. The van der Waals surface area contributed by atoms with Gasteiger partial charge >= 0.3 is 18.3 Å². The molecule has 8 rings (SSSR count). The summed E-state index contributed by atoms with van der Waals surface area (Å²) >= 11 is 0. The number of carbonyl (C=O) groups excluding carboxylic acids is 3. The van der Waals surface area contributed by atoms with Crippen molar-refractivity contribution in [2.24, 2.45) is 11.8 Å². The van der Waals surface area contributed by atoms with Gasteiger partial charge in [0.2, 0.25) is 17.7 Å². The molecule has 4 aromatic rings. The van der Waals surface area contributed by atoms with Crippen LogP contribution in [-0.4, -0.2) is 64.2 Å². The van der Waals surface area contributed by atoms with Crippen LogP contribution in [0.1, 0.15) is 99.4 Å². The van der Waals surface area contributed by atoms with Crippen molar-refractivity contribution in [3.63, 3.8) is 0 Å². The van der Waals surface area contributed by atoms with Crippen molar-refractivity contribution in [3.8, 4) is 0 Å². The molecule has 0 saturated carbocycles. The molecule has 0 saturated heterocycles. The minimum atomic E-state index is -4.39. The van der Waals surface area contributed by atoms with Gasteiger partial charge in [0.05, 0.1) is 17.3 Å². The number of aliphatic carboxylic acids is 1. The molecular weight excluding hydrogens is 855 g/mol. The van der Waals surface area contributed by atoms with E-state index < -0.39 is 35.1 Å². The number of anilines is 4. The number of carboxylic acids is 1. The van der Waals surface area contributed by atoms with Crippen LogP contribution in [0.15, 0.2) is 60.7 Å². The summed E-state index contributed by atoms with van der Waals surface area (Å²) < 4.78 is 79.1. The van der Waals surface area contributed by atoms with Gasteiger partial charge in [0.25, 0.3) is 0 Å². The second kappa shape index (κ2) is 18.5. The lowest BCUT2D eigenvalue weighted by atomic mass is 9.83. The Kier molecular flexibility index (Phi) is 13.8. The molecule has 4 aliphatic rings. The zero-order valence-corrected chi connectivity index (χ0v) is 37.2. The highest BCUT2D eigenvalue weighted by Crippen LogP contribution is 2.42. The average Bonchev–Trinajstić information content (AvgIpc) is 3.87. The van der Waals surface area contributed by atoms with E-state index in [0.717, 1.165) is 75.1 Å². The van der Waals surface area contributed by atoms with Crippen LogP contribution < -0.4 is 20.9 Å². The number of aryl methyl sites for hydroxylation is 2. The SMILES string of the molecule is CC(=O)N1CCc2ccc(N)cc21.CC(=O)N1CCc2ccc(NC(=O)C3CCc4nc(C(C)(C)C(F)(F)F)ccc4C3)cc21.CC(C)(c1ccc2c(n1)CC[C@H](C(=O)O)C2)C(F)(F)F. The van der Waals surface area contributed by atoms with E-state index >= 15 is 0 Å². The molecule has 4 N–H and O–H groups in total. The molecule has 0 radical (unpaired) electrons. The molecular formula is C48H54F6N6O5. The standard InChI is InChI=1S/C24H26F3N3O2.C14H16F3NO2.C10H12N2O/c1-14(31)30-11-10-15-4-7-18(13-20(15)30)28-22(32)17-5-8-19-16(12-17)6-9-21(29-19)23(2,3)24(25,26)27;1-13(2,14(15,16)17)11-6-4-8-7-9(12(19)20)3-5-10(8)18-11;1-7(13)12-5-4-8-2-3-9(11)6-10(8)12/h4,6-7,9,13,17H,5,8,10-12H2,1-3H3,(H,28,32);4,6,9H,3,5,7H2,1-2H3,(H,19,20);2-3,6H,4-5,11H2,1H3/t;9-;/m.0./s1. The molecule has 2 aliphatic heterocycles. The fraction of sp³-hybridized carbons (Fsp3) is 0.458. The minimum Gasteiger partial charge on any atom is -0.481 e. The number of benzene rings is 2. The highest BCUT2D eigenvalue weighted by molar-refractivity contribution is 5.97. The van der Waals surface area contributed by atoms with Crippen LogP contribution in [-0.2, 0) is 68.5 Å². The number of aromatic nitrogens is 2. The number of hydrogen-bond donors (Lipinski definition) is 3. The van der Waals surface area contributed by atoms with E-state index in [0.29, 0.717) is 67.8 Å². The van der Waals surface area contributed by atoms with E-state index in [4.69, 9.17) is 10.8 Å². The monoisotopic (exact) mass is 908 g/mol. The van der Waals surface area contributed by atoms with E-state index in [2.05, 4.69) is 15.3 Å². The van der Waals surface area contributed by atoms with Crippen molar-refractivity contribution < 1.29 is 50.6 Å². The van der Waals surface area contributed by atoms with Crippen molar-refractivity contribution in [2.45, 2.75) is 116 Å². The lowest BCUT2D eigenvalue weighted by molar-refractivity contribution is -0.181. The normalized spacial score (nSPS) is 17.8. The summed E-state index contributed by atoms with van der Waals surface area (Å²) in [4.78, 5) is 58.8. The number of fused-ring (bicyclic) bond motifs is 4. The Morgan fingerprint density at radius 3 is 1.52 bits per heavy atom. The maximum Gasteiger partial charge on any atom is 0.399 e. The van der Waals surface area contributed by atoms with E-state index in [1.165, 1.54) is 24.6 Å². The zero-order valence-electron chi connectivity index (χ0n) is 37.2. The number of carboxylic acid groups (broad SMARTS) is 1. The molecule has 0 fully saturated rings. The molecule has 2 aromatic carbocycles. The molecule has 348 valence electrons. The van der Waals surface area contributed by atoms with Gasteiger partial charge in [-0.1, -0.05) is 24.3 Å². The Balaban J connectivity index is 0.000000180. The van der Waals surface area contributed by atoms with Gasteiger partial charge in [-0.3, -0.25) is 29.1 Å². The lowest BCUT2D eigenvalue weighted by Gasteiger charge is -2.29. The predicted octanol–water partition coefficient (Wildman–Crippen LogP) is 8.86. The van der Waals surface area contributed by atoms with Crippen molar-refractivity contribution in [2.75, 3.05) is 33.9 Å². The Morgan fingerprint density at radius 2 is 1.06 bits per heavy atom. The van der Waals surface area contributed by atoms with E-state index in [1.54, 1.807) is 28.9 Å². The molecule has 3 amide bonds. The van der Waals surface area contributed by atoms with Crippen LogP contribution in [0.4, 0.5) is 49.1 Å². The Hall–Kier alpha value is -6.00. The molecule has 0 bridgehead atoms. The minimum absolute atomic E-state index is 0.000169. The number of rotatable bonds is 5. The largest absolute Gasteiger partial charge is 0.481 e. The van der Waals surface area contributed by atoms with Gasteiger partial charge in [-0.05, 0) is 138 Å². The molecule has 11 nitrogen and oxygen atoms in total. The van der Waals surface area contributed by atoms with Crippen LogP contribution in [0.2, 0.25) is 0 Å². The number of nitrogens with one attached hydrogen (secondary N) is 1. The maximum atomic E-state index is 13.4. The Labute approximate surface area is 373 Å². The second-order valence-corrected chi connectivity index (χ2v) is 18.1. The number of halogens is 6. The van der Waals surface area contributed by atoms with Crippen LogP contribution in [0.5, 0.6) is 0 Å². The summed E-state index contributed by atoms with van der Waals surface area (Å²) in [7, 11) is 0. The van der Waals surface area contributed by atoms with Gasteiger partial charge in [0.1, 0.15) is 10.8 Å². The molecule has 1 unspecified atom stereocenters. The first-order valence-corrected chi connectivity index (χ1v) is 21.5. The number of hydrogen-bond acceptors (Lipinski definition) is 7. The number of nitrogen functional groups attached to an aromatic ring is 1. The number of alkyl halides is 6. The Bertz CT molecular complexity index is 2490. The predicted molar refractivity (Wildman–Crippen MR) is 235 cm³/mol. The molecule has 2 aromatic heterocycles. The van der Waals surface area contributed by atoms with Crippen molar-refractivity contribution in [3.05, 3.63) is 106 Å². The molecule has 2 atom stereocenters. The van der Waals surface area contributed by atoms with Crippen molar-refractivity contribution in [1.29, 1.82) is 0 Å². The van der Waals surface area contributed by atoms with Gasteiger partial charge < -0.3 is 26.0 Å². The van der Waals surface area contributed by atoms with Crippen LogP contribution in [0, 0.1) is 11.8 Å². The van der Waals surface area contributed by atoms with Crippen molar-refractivity contribution >= 4 is 46.4 Å². The molecule has 17 heteroatoms. The second-order valence-electron chi connectivity index (χ2n) is 18.1. The molecule has 65 heavy (non-hydrogen) atoms. The van der Waals surface area contributed by atoms with Crippen molar-refractivity contribution in [1.82, 2.24) is 9.97 Å². The number of pyridine rings is 2. The topological polar surface area (TPSA) is 159 Å². The molecule has 0 spiro atoms. The van der Waals surface area contributed by atoms with E-state index in [-0.39, 0.29) is 35.0 Å². The highest BCUT2D eigenvalue weighted by Gasteiger charge is 2.51. The number of amides is 3. The maximum absolute atomic E-state index is 13.4. The summed E-state index contributed by atoms with van der Waals surface area (Å²) in [5.41, 5.74) is 9.83. The third-order valence-electron chi connectivity index (χ3n) is 13.0. The number of nitrogens with zero attached hydrogens (tertiary/aromatic N) is 4. The Morgan fingerprint density at radius 1 is 0.631 bits per heavy atom. The fourth-order valence-corrected chi connectivity index (χ4v) is 8.39. The first-order chi connectivity index (χ1) is 30.3. The average molecular weight is 909 g/mol. The zero-order chi connectivity index (χ0) is 47.8. The van der Waals surface area contributed by atoms with Crippen LogP contribution >= 0.6 is 0 Å². The molecule has 4 heterocycles. The van der Waals surface area contributed by atoms with Crippen LogP contribution in [0.3, 0.4) is 0 Å². The number of carbonyl (C=O) groups is 4. The van der Waals surface area contributed by atoms with Gasteiger partial charge in [-0.25, -0.2) is 0 Å². The summed E-state index contributed by atoms with van der Waals surface area (Å²) in [6, 6.07) is 17.4. The van der Waals surface area contributed by atoms with Gasteiger partial charge in [0.15, 0.2) is 0 Å². The third kappa shape index (κ3) is 10.4. The first kappa shape index (κ1) is 48.5. The van der Waals surface area contributed by atoms with Gasteiger partial charge in [-0.15, -0.1) is 0 Å². The summed E-state index contributed by atoms with van der Waals surface area (Å²) in [5.74, 6) is -1.70. The van der Waals surface area contributed by atoms with E-state index in [1.807, 2.05) is 36.4 Å². The fourth-order valence-electron chi connectivity index (χ4n) is 8.39.